The number of nitro groups is 1. The van der Waals surface area contributed by atoms with Crippen molar-refractivity contribution in [1.29, 1.82) is 0 Å². The molecule has 0 unspecified atom stereocenters. The molecule has 0 aromatic heterocycles. The van der Waals surface area contributed by atoms with Gasteiger partial charge in [0.1, 0.15) is 5.78 Å². The maximum absolute atomic E-state index is 12.8. The molecule has 8 nitrogen and oxygen atoms in total. The molecule has 0 amide bonds. The van der Waals surface area contributed by atoms with Gasteiger partial charge in [-0.1, -0.05) is 17.7 Å². The highest BCUT2D eigenvalue weighted by Gasteiger charge is 2.23. The van der Waals surface area contributed by atoms with Crippen LogP contribution in [0.2, 0.25) is 0 Å². The Hall–Kier alpha value is -3.07. The molecular formula is C18H19N3O5S. The second kappa shape index (κ2) is 8.54. The van der Waals surface area contributed by atoms with Gasteiger partial charge in [-0.15, -0.1) is 0 Å². The molecule has 0 N–H and O–H groups in total. The first-order valence-corrected chi connectivity index (χ1v) is 9.51. The van der Waals surface area contributed by atoms with Gasteiger partial charge in [0.15, 0.2) is 0 Å². The maximum atomic E-state index is 12.8. The van der Waals surface area contributed by atoms with Crippen LogP contribution in [-0.2, 0) is 14.8 Å². The molecule has 0 saturated heterocycles. The van der Waals surface area contributed by atoms with Gasteiger partial charge in [0.05, 0.1) is 22.6 Å². The summed E-state index contributed by atoms with van der Waals surface area (Å²) in [5.41, 5.74) is 1.33. The predicted octanol–water partition coefficient (Wildman–Crippen LogP) is 2.91. The zero-order valence-corrected chi connectivity index (χ0v) is 15.7. The van der Waals surface area contributed by atoms with Gasteiger partial charge in [-0.2, -0.15) is 17.9 Å². The van der Waals surface area contributed by atoms with Crippen molar-refractivity contribution >= 4 is 27.7 Å². The quantitative estimate of drug-likeness (QED) is 0.392. The lowest BCUT2D eigenvalue weighted by molar-refractivity contribution is -0.384. The van der Waals surface area contributed by atoms with E-state index in [1.807, 2.05) is 6.92 Å². The van der Waals surface area contributed by atoms with Crippen LogP contribution >= 0.6 is 0 Å². The third-order valence-corrected chi connectivity index (χ3v) is 5.39. The molecule has 0 bridgehead atoms. The Kier molecular flexibility index (Phi) is 6.40. The SMILES string of the molecule is CC(=O)CCN(/N=C/c1ccc([N+](=O)[O-])cc1)S(=O)(=O)c1ccc(C)cc1. The topological polar surface area (TPSA) is 110 Å². The number of nitrogens with zero attached hydrogens (tertiary/aromatic N) is 3. The van der Waals surface area contributed by atoms with E-state index in [1.54, 1.807) is 12.1 Å². The van der Waals surface area contributed by atoms with Crippen molar-refractivity contribution in [3.63, 3.8) is 0 Å². The second-order valence-corrected chi connectivity index (χ2v) is 7.75. The molecule has 27 heavy (non-hydrogen) atoms. The van der Waals surface area contributed by atoms with Crippen LogP contribution in [0.15, 0.2) is 58.5 Å². The molecule has 0 spiro atoms. The van der Waals surface area contributed by atoms with Gasteiger partial charge >= 0.3 is 0 Å². The fourth-order valence-electron chi connectivity index (χ4n) is 2.14. The highest BCUT2D eigenvalue weighted by Crippen LogP contribution is 2.18. The van der Waals surface area contributed by atoms with Crippen molar-refractivity contribution in [3.05, 3.63) is 69.8 Å². The van der Waals surface area contributed by atoms with E-state index in [2.05, 4.69) is 5.10 Å². The van der Waals surface area contributed by atoms with E-state index in [1.165, 1.54) is 49.5 Å². The minimum Gasteiger partial charge on any atom is -0.300 e. The van der Waals surface area contributed by atoms with Crippen LogP contribution in [0.25, 0.3) is 0 Å². The summed E-state index contributed by atoms with van der Waals surface area (Å²) in [6, 6.07) is 11.8. The molecule has 0 heterocycles. The number of nitro benzene ring substituents is 1. The lowest BCUT2D eigenvalue weighted by Crippen LogP contribution is -2.28. The van der Waals surface area contributed by atoms with Gasteiger partial charge < -0.3 is 0 Å². The molecule has 0 aliphatic carbocycles. The molecular weight excluding hydrogens is 370 g/mol. The van der Waals surface area contributed by atoms with Gasteiger partial charge in [0.25, 0.3) is 15.7 Å². The summed E-state index contributed by atoms with van der Waals surface area (Å²) < 4.78 is 26.5. The minimum absolute atomic E-state index is 0.0166. The molecule has 0 aliphatic rings. The fraction of sp³-hybridized carbons (Fsp3) is 0.222. The van der Waals surface area contributed by atoms with Crippen molar-refractivity contribution < 1.29 is 18.1 Å². The number of non-ortho nitro benzene ring substituents is 1. The number of benzene rings is 2. The van der Waals surface area contributed by atoms with Crippen LogP contribution in [0, 0.1) is 17.0 Å². The fourth-order valence-corrected chi connectivity index (χ4v) is 3.36. The maximum Gasteiger partial charge on any atom is 0.279 e. The first-order valence-electron chi connectivity index (χ1n) is 8.07. The Bertz CT molecular complexity index is 951. The first kappa shape index (κ1) is 20.2. The molecule has 2 rings (SSSR count). The van der Waals surface area contributed by atoms with Gasteiger partial charge in [0.2, 0.25) is 0 Å². The smallest absolute Gasteiger partial charge is 0.279 e. The molecule has 2 aromatic carbocycles. The normalized spacial score (nSPS) is 11.5. The zero-order chi connectivity index (χ0) is 20.0. The van der Waals surface area contributed by atoms with Crippen LogP contribution in [0.1, 0.15) is 24.5 Å². The molecule has 0 radical (unpaired) electrons. The summed E-state index contributed by atoms with van der Waals surface area (Å²) in [6.07, 6.45) is 1.30. The number of rotatable bonds is 8. The summed E-state index contributed by atoms with van der Waals surface area (Å²) in [6.45, 7) is 3.11. The number of hydrogen-bond donors (Lipinski definition) is 0. The zero-order valence-electron chi connectivity index (χ0n) is 14.9. The Morgan fingerprint density at radius 2 is 1.74 bits per heavy atom. The van der Waals surface area contributed by atoms with Crippen molar-refractivity contribution in [2.45, 2.75) is 25.2 Å². The van der Waals surface area contributed by atoms with Crippen molar-refractivity contribution in [2.75, 3.05) is 6.54 Å². The number of carbonyl (C=O) groups is 1. The van der Waals surface area contributed by atoms with E-state index in [9.17, 15) is 23.3 Å². The molecule has 0 fully saturated rings. The summed E-state index contributed by atoms with van der Waals surface area (Å²) in [4.78, 5) is 21.5. The van der Waals surface area contributed by atoms with Crippen LogP contribution in [0.3, 0.4) is 0 Å². The van der Waals surface area contributed by atoms with E-state index in [0.29, 0.717) is 5.56 Å². The number of sulfonamides is 1. The summed E-state index contributed by atoms with van der Waals surface area (Å²) in [7, 11) is -3.93. The van der Waals surface area contributed by atoms with E-state index in [-0.39, 0.29) is 29.3 Å². The summed E-state index contributed by atoms with van der Waals surface area (Å²) in [5.74, 6) is -0.162. The number of Topliss-reactive ketones (excluding diaryl/α,β-unsaturated/α-hetero) is 1. The third-order valence-electron chi connectivity index (χ3n) is 3.69. The highest BCUT2D eigenvalue weighted by atomic mass is 32.2. The molecule has 9 heteroatoms. The van der Waals surface area contributed by atoms with Crippen molar-refractivity contribution in [3.8, 4) is 0 Å². The van der Waals surface area contributed by atoms with E-state index >= 15 is 0 Å². The van der Waals surface area contributed by atoms with Crippen molar-refractivity contribution in [2.24, 2.45) is 5.10 Å². The van der Waals surface area contributed by atoms with Gasteiger partial charge in [-0.05, 0) is 43.7 Å². The Balaban J connectivity index is 2.31. The van der Waals surface area contributed by atoms with Crippen LogP contribution in [-0.4, -0.2) is 36.3 Å². The molecule has 2 aromatic rings. The number of aryl methyl sites for hydroxylation is 1. The number of hydrazone groups is 1. The number of carbonyl (C=O) groups excluding carboxylic acids is 1. The molecule has 142 valence electrons. The lowest BCUT2D eigenvalue weighted by Gasteiger charge is -2.18. The van der Waals surface area contributed by atoms with Crippen LogP contribution in [0.4, 0.5) is 5.69 Å². The lowest BCUT2D eigenvalue weighted by atomic mass is 10.2. The summed E-state index contributed by atoms with van der Waals surface area (Å²) >= 11 is 0. The average Bonchev–Trinajstić information content (AvgIpc) is 2.62. The molecule has 0 saturated carbocycles. The second-order valence-electron chi connectivity index (χ2n) is 5.91. The average molecular weight is 389 g/mol. The third kappa shape index (κ3) is 5.45. The summed E-state index contributed by atoms with van der Waals surface area (Å²) in [5, 5.41) is 14.7. The Morgan fingerprint density at radius 1 is 1.15 bits per heavy atom. The number of hydrogen-bond acceptors (Lipinski definition) is 6. The van der Waals surface area contributed by atoms with Crippen LogP contribution < -0.4 is 0 Å². The molecule has 0 atom stereocenters. The Labute approximate surface area is 157 Å². The number of ketones is 1. The monoisotopic (exact) mass is 389 g/mol. The Morgan fingerprint density at radius 3 is 2.26 bits per heavy atom. The van der Waals surface area contributed by atoms with Gasteiger partial charge in [-0.3, -0.25) is 14.9 Å². The van der Waals surface area contributed by atoms with Crippen LogP contribution in [0.5, 0.6) is 0 Å². The first-order chi connectivity index (χ1) is 12.7. The standard InChI is InChI=1S/C18H19N3O5S/c1-14-3-9-18(10-4-14)27(25,26)20(12-11-15(2)22)19-13-16-5-7-17(8-6-16)21(23)24/h3-10,13H,11-12H2,1-2H3/b19-13+. The van der Waals surface area contributed by atoms with E-state index < -0.39 is 14.9 Å². The van der Waals surface area contributed by atoms with Gasteiger partial charge in [-0.25, -0.2) is 0 Å². The van der Waals surface area contributed by atoms with Crippen molar-refractivity contribution in [1.82, 2.24) is 4.41 Å². The largest absolute Gasteiger partial charge is 0.300 e. The highest BCUT2D eigenvalue weighted by molar-refractivity contribution is 7.89. The minimum atomic E-state index is -3.93. The van der Waals surface area contributed by atoms with Gasteiger partial charge in [0, 0.05) is 18.6 Å². The van der Waals surface area contributed by atoms with E-state index in [0.717, 1.165) is 9.98 Å². The van der Waals surface area contributed by atoms with E-state index in [4.69, 9.17) is 0 Å². The molecule has 0 aliphatic heterocycles. The predicted molar refractivity (Wildman–Crippen MR) is 101 cm³/mol.